The van der Waals surface area contributed by atoms with Gasteiger partial charge in [0, 0.05) is 12.2 Å². The van der Waals surface area contributed by atoms with E-state index in [1.165, 1.54) is 18.0 Å². The van der Waals surface area contributed by atoms with E-state index >= 15 is 0 Å². The molecule has 152 valence electrons. The minimum absolute atomic E-state index is 0.136. The Bertz CT molecular complexity index is 1080. The van der Waals surface area contributed by atoms with Crippen molar-refractivity contribution in [2.45, 2.75) is 18.6 Å². The van der Waals surface area contributed by atoms with E-state index in [1.54, 1.807) is 12.1 Å². The van der Waals surface area contributed by atoms with Gasteiger partial charge in [-0.3, -0.25) is 14.5 Å². The predicted octanol–water partition coefficient (Wildman–Crippen LogP) is 2.46. The Hall–Kier alpha value is -2.92. The van der Waals surface area contributed by atoms with Crippen LogP contribution < -0.4 is 10.0 Å². The summed E-state index contributed by atoms with van der Waals surface area (Å²) in [6.45, 7) is 2.54. The maximum atomic E-state index is 12.2. The average molecular weight is 433 g/mol. The number of aromatic nitrogens is 4. The molecule has 0 fully saturated rings. The number of para-hydroxylation sites is 1. The van der Waals surface area contributed by atoms with Gasteiger partial charge in [-0.15, -0.1) is 10.2 Å². The SMILES string of the molecule is CCn1c(SCC(=O)Nc2ccccc2)nnc1-c1ccc(NS(C)(=O)=O)cn1. The number of thioether (sulfide) groups is 1. The molecule has 2 heterocycles. The Morgan fingerprint density at radius 1 is 1.10 bits per heavy atom. The number of amides is 1. The molecule has 9 nitrogen and oxygen atoms in total. The van der Waals surface area contributed by atoms with Crippen LogP contribution in [0.3, 0.4) is 0 Å². The van der Waals surface area contributed by atoms with E-state index < -0.39 is 10.0 Å². The summed E-state index contributed by atoms with van der Waals surface area (Å²) in [5.41, 5.74) is 1.66. The van der Waals surface area contributed by atoms with Gasteiger partial charge in [0.2, 0.25) is 15.9 Å². The number of sulfonamides is 1. The summed E-state index contributed by atoms with van der Waals surface area (Å²) in [6.07, 6.45) is 2.50. The van der Waals surface area contributed by atoms with E-state index in [9.17, 15) is 13.2 Å². The van der Waals surface area contributed by atoms with Crippen LogP contribution in [0.25, 0.3) is 11.5 Å². The fourth-order valence-electron chi connectivity index (χ4n) is 2.52. The van der Waals surface area contributed by atoms with Crippen molar-refractivity contribution in [1.29, 1.82) is 0 Å². The predicted molar refractivity (Wildman–Crippen MR) is 113 cm³/mol. The number of hydrogen-bond donors (Lipinski definition) is 2. The molecule has 3 rings (SSSR count). The van der Waals surface area contributed by atoms with Crippen LogP contribution in [-0.2, 0) is 21.4 Å². The molecule has 0 aliphatic heterocycles. The molecule has 0 aliphatic carbocycles. The first-order valence-electron chi connectivity index (χ1n) is 8.71. The Labute approximate surface area is 173 Å². The minimum atomic E-state index is -3.37. The lowest BCUT2D eigenvalue weighted by Gasteiger charge is -2.08. The van der Waals surface area contributed by atoms with Crippen molar-refractivity contribution in [2.24, 2.45) is 0 Å². The number of hydrogen-bond acceptors (Lipinski definition) is 7. The molecule has 0 atom stereocenters. The molecule has 29 heavy (non-hydrogen) atoms. The van der Waals surface area contributed by atoms with Gasteiger partial charge in [-0.1, -0.05) is 30.0 Å². The molecule has 1 aromatic carbocycles. The molecule has 11 heteroatoms. The lowest BCUT2D eigenvalue weighted by molar-refractivity contribution is -0.113. The second kappa shape index (κ2) is 9.05. The zero-order valence-corrected chi connectivity index (χ0v) is 17.5. The van der Waals surface area contributed by atoms with Crippen molar-refractivity contribution in [2.75, 3.05) is 22.0 Å². The van der Waals surface area contributed by atoms with Gasteiger partial charge < -0.3 is 9.88 Å². The van der Waals surface area contributed by atoms with Crippen molar-refractivity contribution in [3.63, 3.8) is 0 Å². The van der Waals surface area contributed by atoms with E-state index in [-0.39, 0.29) is 11.7 Å². The van der Waals surface area contributed by atoms with E-state index in [2.05, 4.69) is 25.2 Å². The van der Waals surface area contributed by atoms with Crippen molar-refractivity contribution in [3.05, 3.63) is 48.7 Å². The highest BCUT2D eigenvalue weighted by Crippen LogP contribution is 2.23. The summed E-state index contributed by atoms with van der Waals surface area (Å²) in [5, 5.41) is 11.8. The maximum absolute atomic E-state index is 12.2. The summed E-state index contributed by atoms with van der Waals surface area (Å²) in [6, 6.07) is 12.5. The first kappa shape index (κ1) is 20.8. The quantitative estimate of drug-likeness (QED) is 0.525. The molecule has 0 saturated heterocycles. The third kappa shape index (κ3) is 5.78. The summed E-state index contributed by atoms with van der Waals surface area (Å²) >= 11 is 1.28. The summed E-state index contributed by atoms with van der Waals surface area (Å²) in [4.78, 5) is 16.4. The van der Waals surface area contributed by atoms with Gasteiger partial charge in [0.1, 0.15) is 5.69 Å². The van der Waals surface area contributed by atoms with Gasteiger partial charge in [0.05, 0.1) is 23.9 Å². The monoisotopic (exact) mass is 432 g/mol. The molecular weight excluding hydrogens is 412 g/mol. The lowest BCUT2D eigenvalue weighted by atomic mass is 10.3. The van der Waals surface area contributed by atoms with E-state index in [0.29, 0.717) is 28.9 Å². The van der Waals surface area contributed by atoms with Gasteiger partial charge in [0.15, 0.2) is 11.0 Å². The van der Waals surface area contributed by atoms with Crippen molar-refractivity contribution in [3.8, 4) is 11.5 Å². The Kier molecular flexibility index (Phi) is 6.49. The molecule has 1 amide bonds. The van der Waals surface area contributed by atoms with Gasteiger partial charge in [-0.2, -0.15) is 0 Å². The standard InChI is InChI=1S/C18H20N6O3S2/c1-3-24-17(15-10-9-14(11-19-15)23-29(2,26)27)21-22-18(24)28-12-16(25)20-13-7-5-4-6-8-13/h4-11,23H,3,12H2,1-2H3,(H,20,25). The van der Waals surface area contributed by atoms with Gasteiger partial charge in [-0.05, 0) is 31.2 Å². The van der Waals surface area contributed by atoms with Crippen LogP contribution in [0.1, 0.15) is 6.92 Å². The maximum Gasteiger partial charge on any atom is 0.234 e. The van der Waals surface area contributed by atoms with Crippen LogP contribution in [0.2, 0.25) is 0 Å². The lowest BCUT2D eigenvalue weighted by Crippen LogP contribution is -2.14. The van der Waals surface area contributed by atoms with Crippen molar-refractivity contribution in [1.82, 2.24) is 19.7 Å². The number of carbonyl (C=O) groups is 1. The third-order valence-electron chi connectivity index (χ3n) is 3.72. The molecule has 0 bridgehead atoms. The highest BCUT2D eigenvalue weighted by atomic mass is 32.2. The summed E-state index contributed by atoms with van der Waals surface area (Å²) < 4.78 is 26.8. The first-order chi connectivity index (χ1) is 13.9. The largest absolute Gasteiger partial charge is 0.325 e. The summed E-state index contributed by atoms with van der Waals surface area (Å²) in [5.74, 6) is 0.601. The highest BCUT2D eigenvalue weighted by molar-refractivity contribution is 7.99. The number of benzene rings is 1. The summed E-state index contributed by atoms with van der Waals surface area (Å²) in [7, 11) is -3.37. The molecule has 0 aliphatic rings. The Balaban J connectivity index is 1.69. The number of carbonyl (C=O) groups excluding carboxylic acids is 1. The molecule has 0 spiro atoms. The van der Waals surface area contributed by atoms with Crippen molar-refractivity contribution >= 4 is 39.1 Å². The number of rotatable bonds is 8. The van der Waals surface area contributed by atoms with Crippen LogP contribution in [0.15, 0.2) is 53.8 Å². The second-order valence-electron chi connectivity index (χ2n) is 6.06. The van der Waals surface area contributed by atoms with E-state index in [4.69, 9.17) is 0 Å². The van der Waals surface area contributed by atoms with Crippen LogP contribution in [-0.4, -0.2) is 46.1 Å². The molecule has 3 aromatic rings. The number of nitrogens with zero attached hydrogens (tertiary/aromatic N) is 4. The molecule has 0 saturated carbocycles. The molecule has 0 unspecified atom stereocenters. The topological polar surface area (TPSA) is 119 Å². The second-order valence-corrected chi connectivity index (χ2v) is 8.75. The fourth-order valence-corrected chi connectivity index (χ4v) is 3.87. The first-order valence-corrected chi connectivity index (χ1v) is 11.6. The van der Waals surface area contributed by atoms with Crippen molar-refractivity contribution < 1.29 is 13.2 Å². The normalized spacial score (nSPS) is 11.2. The third-order valence-corrected chi connectivity index (χ3v) is 5.29. The van der Waals surface area contributed by atoms with Crippen LogP contribution in [0.5, 0.6) is 0 Å². The van der Waals surface area contributed by atoms with Gasteiger partial charge >= 0.3 is 0 Å². The number of pyridine rings is 1. The smallest absolute Gasteiger partial charge is 0.234 e. The van der Waals surface area contributed by atoms with Crippen LogP contribution in [0.4, 0.5) is 11.4 Å². The van der Waals surface area contributed by atoms with Crippen LogP contribution >= 0.6 is 11.8 Å². The fraction of sp³-hybridized carbons (Fsp3) is 0.222. The molecular formula is C18H20N6O3S2. The molecule has 0 radical (unpaired) electrons. The van der Waals surface area contributed by atoms with Gasteiger partial charge in [0.25, 0.3) is 0 Å². The Morgan fingerprint density at radius 2 is 1.86 bits per heavy atom. The average Bonchev–Trinajstić information content (AvgIpc) is 3.09. The minimum Gasteiger partial charge on any atom is -0.325 e. The number of nitrogens with one attached hydrogen (secondary N) is 2. The van der Waals surface area contributed by atoms with Gasteiger partial charge in [-0.25, -0.2) is 8.42 Å². The zero-order valence-electron chi connectivity index (χ0n) is 15.9. The molecule has 2 aromatic heterocycles. The molecule has 2 N–H and O–H groups in total. The Morgan fingerprint density at radius 3 is 2.48 bits per heavy atom. The van der Waals surface area contributed by atoms with E-state index in [1.807, 2.05) is 41.8 Å². The van der Waals surface area contributed by atoms with E-state index in [0.717, 1.165) is 11.9 Å². The highest BCUT2D eigenvalue weighted by Gasteiger charge is 2.16. The van der Waals surface area contributed by atoms with Crippen LogP contribution in [0, 0.1) is 0 Å². The zero-order chi connectivity index (χ0) is 20.9. The number of anilines is 2.